The minimum Gasteiger partial charge on any atom is -0.343 e. The van der Waals surface area contributed by atoms with Gasteiger partial charge in [0.15, 0.2) is 0 Å². The van der Waals surface area contributed by atoms with E-state index in [9.17, 15) is 9.59 Å². The maximum absolute atomic E-state index is 11.5. The van der Waals surface area contributed by atoms with Crippen LogP contribution in [0.15, 0.2) is 10.9 Å². The number of rotatable bonds is 6. The van der Waals surface area contributed by atoms with Crippen LogP contribution in [0.3, 0.4) is 0 Å². The Bertz CT molecular complexity index is 448. The van der Waals surface area contributed by atoms with E-state index in [1.807, 2.05) is 0 Å². The fourth-order valence-electron chi connectivity index (χ4n) is 1.47. The van der Waals surface area contributed by atoms with E-state index in [1.54, 1.807) is 6.92 Å². The van der Waals surface area contributed by atoms with Crippen molar-refractivity contribution in [3.8, 4) is 0 Å². The molecule has 0 unspecified atom stereocenters. The molecule has 100 valence electrons. The van der Waals surface area contributed by atoms with Crippen molar-refractivity contribution in [3.63, 3.8) is 0 Å². The number of carbonyl (C=O) groups excluding carboxylic acids is 1. The van der Waals surface area contributed by atoms with Gasteiger partial charge in [-0.15, -0.1) is 0 Å². The summed E-state index contributed by atoms with van der Waals surface area (Å²) in [4.78, 5) is 29.1. The van der Waals surface area contributed by atoms with Crippen LogP contribution in [0.25, 0.3) is 0 Å². The van der Waals surface area contributed by atoms with Crippen LogP contribution in [0.1, 0.15) is 31.4 Å². The Labute approximate surface area is 138 Å². The summed E-state index contributed by atoms with van der Waals surface area (Å²) in [5.74, 6) is 0.162. The van der Waals surface area contributed by atoms with Crippen molar-refractivity contribution in [2.24, 2.45) is 0 Å². The zero-order valence-corrected chi connectivity index (χ0v) is 14.0. The predicted octanol–water partition coefficient (Wildman–Crippen LogP) is 1.59. The van der Waals surface area contributed by atoms with Gasteiger partial charge in [-0.3, -0.25) is 15.1 Å². The number of H-pyrrole nitrogens is 1. The topological polar surface area (TPSA) is 86.9 Å². The number of nitrogens with zero attached hydrogens (tertiary/aromatic N) is 1. The summed E-state index contributed by atoms with van der Waals surface area (Å²) in [6.45, 7) is 6.04. The van der Waals surface area contributed by atoms with E-state index in [4.69, 9.17) is 0 Å². The molecule has 0 spiro atoms. The van der Waals surface area contributed by atoms with Crippen LogP contribution in [-0.2, 0) is 32.7 Å². The predicted molar refractivity (Wildman–Crippen MR) is 70.4 cm³/mol. The number of hydrogen-bond donors (Lipinski definition) is 3. The number of hydrogen-bond acceptors (Lipinski definition) is 3. The van der Waals surface area contributed by atoms with Crippen LogP contribution in [0.2, 0.25) is 0 Å². The number of aromatic nitrogens is 2. The molecule has 3 N–H and O–H groups in total. The van der Waals surface area contributed by atoms with Crippen molar-refractivity contribution in [2.75, 3.05) is 11.9 Å². The molecule has 0 aliphatic rings. The van der Waals surface area contributed by atoms with Gasteiger partial charge in [0.25, 0.3) is 5.56 Å². The van der Waals surface area contributed by atoms with Gasteiger partial charge in [-0.05, 0) is 13.3 Å². The molecule has 1 heterocycles. The number of aromatic amines is 1. The summed E-state index contributed by atoms with van der Waals surface area (Å²) in [7, 11) is 0. The van der Waals surface area contributed by atoms with Crippen LogP contribution >= 0.6 is 0 Å². The SMILES string of the molecule is [CH2-]CCCCCNC(=O)Nc1nc(C)cc(=O)[nH]1.[Y+3]. The molecule has 0 fully saturated rings. The zero-order valence-electron chi connectivity index (χ0n) is 11.2. The van der Waals surface area contributed by atoms with E-state index < -0.39 is 0 Å². The molecule has 0 bridgehead atoms. The Kier molecular flexibility index (Phi) is 9.69. The molecule has 0 aliphatic heterocycles. The molecule has 19 heavy (non-hydrogen) atoms. The maximum atomic E-state index is 11.5. The van der Waals surface area contributed by atoms with E-state index in [0.29, 0.717) is 12.2 Å². The Morgan fingerprint density at radius 2 is 2.16 bits per heavy atom. The van der Waals surface area contributed by atoms with Crippen molar-refractivity contribution >= 4 is 12.0 Å². The summed E-state index contributed by atoms with van der Waals surface area (Å²) < 4.78 is 0. The van der Waals surface area contributed by atoms with Gasteiger partial charge < -0.3 is 12.2 Å². The molecule has 7 heteroatoms. The van der Waals surface area contributed by atoms with E-state index in [1.165, 1.54) is 6.07 Å². The van der Waals surface area contributed by atoms with Gasteiger partial charge >= 0.3 is 38.7 Å². The normalized spacial score (nSPS) is 9.58. The smallest absolute Gasteiger partial charge is 0.343 e. The third-order valence-electron chi connectivity index (χ3n) is 2.31. The van der Waals surface area contributed by atoms with Crippen molar-refractivity contribution in [1.82, 2.24) is 15.3 Å². The Morgan fingerprint density at radius 1 is 1.42 bits per heavy atom. The molecule has 0 saturated carbocycles. The second-order valence-electron chi connectivity index (χ2n) is 4.03. The molecular weight excluding hydrogens is 321 g/mol. The number of carbonyl (C=O) groups is 1. The first-order valence-electron chi connectivity index (χ1n) is 6.04. The van der Waals surface area contributed by atoms with Gasteiger partial charge in [-0.25, -0.2) is 9.78 Å². The van der Waals surface area contributed by atoms with Gasteiger partial charge in [-0.1, -0.05) is 12.8 Å². The quantitative estimate of drug-likeness (QED) is 0.543. The summed E-state index contributed by atoms with van der Waals surface area (Å²) in [5, 5.41) is 5.18. The monoisotopic (exact) mass is 340 g/mol. The molecule has 0 aromatic carbocycles. The third kappa shape index (κ3) is 8.11. The molecule has 1 aromatic heterocycles. The fourth-order valence-corrected chi connectivity index (χ4v) is 1.47. The first-order valence-corrected chi connectivity index (χ1v) is 6.04. The summed E-state index contributed by atoms with van der Waals surface area (Å²) in [6, 6.07) is 1.00. The molecule has 0 atom stereocenters. The van der Waals surface area contributed by atoms with Gasteiger partial charge in [-0.2, -0.15) is 6.42 Å². The fraction of sp³-hybridized carbons (Fsp3) is 0.500. The van der Waals surface area contributed by atoms with Gasteiger partial charge in [0, 0.05) is 18.3 Å². The van der Waals surface area contributed by atoms with Crippen molar-refractivity contribution in [1.29, 1.82) is 0 Å². The van der Waals surface area contributed by atoms with Crippen LogP contribution in [0.5, 0.6) is 0 Å². The third-order valence-corrected chi connectivity index (χ3v) is 2.31. The first kappa shape index (κ1) is 18.3. The molecule has 6 nitrogen and oxygen atoms in total. The Balaban J connectivity index is 0.00000324. The van der Waals surface area contributed by atoms with Crippen LogP contribution in [-0.4, -0.2) is 22.5 Å². The maximum Gasteiger partial charge on any atom is 3.00 e. The summed E-state index contributed by atoms with van der Waals surface area (Å²) >= 11 is 0. The second kappa shape index (κ2) is 10.1. The molecular formula is C12H19N4O2Y+2. The number of anilines is 1. The van der Waals surface area contributed by atoms with Crippen LogP contribution < -0.4 is 16.2 Å². The van der Waals surface area contributed by atoms with Crippen molar-refractivity contribution in [2.45, 2.75) is 32.6 Å². The van der Waals surface area contributed by atoms with Gasteiger partial charge in [0.1, 0.15) is 0 Å². The molecule has 0 radical (unpaired) electrons. The minimum absolute atomic E-state index is 0. The zero-order chi connectivity index (χ0) is 13.4. The number of aryl methyl sites for hydroxylation is 1. The van der Waals surface area contributed by atoms with E-state index in [-0.39, 0.29) is 50.2 Å². The molecule has 1 aromatic rings. The minimum atomic E-state index is -0.363. The molecule has 1 rings (SSSR count). The van der Waals surface area contributed by atoms with Gasteiger partial charge in [0.05, 0.1) is 0 Å². The Hall–Kier alpha value is -0.746. The van der Waals surface area contributed by atoms with E-state index in [0.717, 1.165) is 25.7 Å². The van der Waals surface area contributed by atoms with E-state index >= 15 is 0 Å². The van der Waals surface area contributed by atoms with Crippen LogP contribution in [0.4, 0.5) is 10.7 Å². The average Bonchev–Trinajstić information content (AvgIpc) is 2.27. The summed E-state index contributed by atoms with van der Waals surface area (Å²) in [5.41, 5.74) is 0.276. The first-order chi connectivity index (χ1) is 8.61. The summed E-state index contributed by atoms with van der Waals surface area (Å²) in [6.07, 6.45) is 3.95. The largest absolute Gasteiger partial charge is 3.00 e. The standard InChI is InChI=1S/C12H19N4O2.Y/c1-3-4-5-6-7-13-12(18)16-11-14-9(2)8-10(17)15-11;/h8H,1,3-7H2,2H3,(H3,13,14,15,16,17,18);/q-1;+3. The number of amides is 2. The number of nitrogens with one attached hydrogen (secondary N) is 3. The molecule has 2 amide bonds. The van der Waals surface area contributed by atoms with Crippen molar-refractivity contribution in [3.05, 3.63) is 29.0 Å². The number of urea groups is 1. The second-order valence-corrected chi connectivity index (χ2v) is 4.03. The average molecular weight is 340 g/mol. The Morgan fingerprint density at radius 3 is 2.79 bits per heavy atom. The van der Waals surface area contributed by atoms with Gasteiger partial charge in [0.2, 0.25) is 5.95 Å². The van der Waals surface area contributed by atoms with Crippen LogP contribution in [0, 0.1) is 13.8 Å². The molecule has 0 aliphatic carbocycles. The molecule has 0 saturated heterocycles. The number of unbranched alkanes of at least 4 members (excludes halogenated alkanes) is 3. The van der Waals surface area contributed by atoms with Crippen molar-refractivity contribution < 1.29 is 37.5 Å². The van der Waals surface area contributed by atoms with E-state index in [2.05, 4.69) is 27.5 Å².